The average Bonchev–Trinajstić information content (AvgIpc) is 1.66. The van der Waals surface area contributed by atoms with Crippen LogP contribution in [-0.4, -0.2) is 23.4 Å². The Morgan fingerprint density at radius 3 is 2.11 bits per heavy atom. The molecule has 0 spiro atoms. The van der Waals surface area contributed by atoms with E-state index in [1.54, 1.807) is 0 Å². The summed E-state index contributed by atoms with van der Waals surface area (Å²) < 4.78 is 8.70. The van der Waals surface area contributed by atoms with Crippen LogP contribution in [0.1, 0.15) is 0 Å². The van der Waals surface area contributed by atoms with Crippen LogP contribution < -0.4 is 5.32 Å². The van der Waals surface area contributed by atoms with E-state index in [-0.39, 0.29) is 0 Å². The summed E-state index contributed by atoms with van der Waals surface area (Å²) in [6, 6.07) is 0. The number of rotatable bonds is 2. The van der Waals surface area contributed by atoms with Gasteiger partial charge in [0, 0.05) is 11.1 Å². The molecule has 0 aliphatic rings. The van der Waals surface area contributed by atoms with E-state index in [0.717, 1.165) is 6.54 Å². The summed E-state index contributed by atoms with van der Waals surface area (Å²) in [5, 5.41) is 2.90. The van der Waals surface area contributed by atoms with Crippen molar-refractivity contribution in [2.45, 2.75) is 0 Å². The minimum Gasteiger partial charge on any atom is -0.316 e. The van der Waals surface area contributed by atoms with Crippen molar-refractivity contribution in [3.8, 4) is 0 Å². The second-order valence-corrected chi connectivity index (χ2v) is 1.60. The first-order valence-corrected chi connectivity index (χ1v) is 3.42. The third kappa shape index (κ3) is 85.4. The largest absolute Gasteiger partial charge is 0.692 e. The minimum absolute atomic E-state index is 0.903. The van der Waals surface area contributed by atoms with Gasteiger partial charge in [0.15, 0.2) is 0 Å². The normalized spacial score (nSPS) is 7.00. The molecular weight excluding hydrogens is 141 g/mol. The highest BCUT2D eigenvalue weighted by molar-refractivity contribution is 7.30. The molecule has 0 saturated carbocycles. The van der Waals surface area contributed by atoms with Crippen molar-refractivity contribution >= 4 is 8.25 Å². The summed E-state index contributed by atoms with van der Waals surface area (Å²) in [6.07, 6.45) is 1.82. The lowest BCUT2D eigenvalue weighted by molar-refractivity contribution is 0.405. The van der Waals surface area contributed by atoms with Gasteiger partial charge in [0.2, 0.25) is 0 Å². The third-order valence-corrected chi connectivity index (χ3v) is 0.348. The van der Waals surface area contributed by atoms with Crippen LogP contribution in [0, 0.1) is 0 Å². The Kier molecular flexibility index (Phi) is 13.6. The number of hydrogen-bond acceptors (Lipinski definition) is 2. The molecule has 0 aromatic rings. The molecule has 0 fully saturated rings. The predicted octanol–water partition coefficient (Wildman–Crippen LogP) is 0.0202. The van der Waals surface area contributed by atoms with E-state index in [4.69, 9.17) is 14.4 Å². The number of nitrogens with one attached hydrogen (secondary N) is 1. The molecule has 0 rings (SSSR count). The maximum absolute atomic E-state index is 8.70. The molecular formula is C4H11NO3P+. The fourth-order valence-electron chi connectivity index (χ4n) is 0.144. The van der Waals surface area contributed by atoms with Crippen LogP contribution in [-0.2, 0) is 4.57 Å². The van der Waals surface area contributed by atoms with E-state index >= 15 is 0 Å². The Balaban J connectivity index is 0. The van der Waals surface area contributed by atoms with Gasteiger partial charge in [-0.05, 0) is 7.05 Å². The monoisotopic (exact) mass is 152 g/mol. The van der Waals surface area contributed by atoms with E-state index in [2.05, 4.69) is 11.9 Å². The molecule has 54 valence electrons. The molecule has 9 heavy (non-hydrogen) atoms. The Bertz CT molecular complexity index is 81.9. The van der Waals surface area contributed by atoms with Gasteiger partial charge in [-0.15, -0.1) is 16.4 Å². The van der Waals surface area contributed by atoms with Crippen molar-refractivity contribution in [3.05, 3.63) is 12.7 Å². The maximum Gasteiger partial charge on any atom is 0.692 e. The van der Waals surface area contributed by atoms with Crippen molar-refractivity contribution in [3.63, 3.8) is 0 Å². The molecule has 3 N–H and O–H groups in total. The van der Waals surface area contributed by atoms with Crippen LogP contribution in [0.4, 0.5) is 0 Å². The van der Waals surface area contributed by atoms with Crippen molar-refractivity contribution in [1.82, 2.24) is 5.32 Å². The van der Waals surface area contributed by atoms with Crippen LogP contribution in [0.2, 0.25) is 0 Å². The molecule has 0 amide bonds. The first-order valence-electron chi connectivity index (χ1n) is 2.25. The molecule has 0 aromatic carbocycles. The van der Waals surface area contributed by atoms with Crippen molar-refractivity contribution in [2.75, 3.05) is 13.6 Å². The van der Waals surface area contributed by atoms with Crippen molar-refractivity contribution in [1.29, 1.82) is 0 Å². The molecule has 0 unspecified atom stereocenters. The average molecular weight is 152 g/mol. The predicted molar refractivity (Wildman–Crippen MR) is 36.2 cm³/mol. The topological polar surface area (TPSA) is 69.6 Å². The fraction of sp³-hybridized carbons (Fsp3) is 0.500. The fourth-order valence-corrected chi connectivity index (χ4v) is 0.144. The lowest BCUT2D eigenvalue weighted by atomic mass is 10.6. The van der Waals surface area contributed by atoms with Crippen LogP contribution in [0.25, 0.3) is 0 Å². The van der Waals surface area contributed by atoms with E-state index in [1.807, 2.05) is 13.1 Å². The highest BCUT2D eigenvalue weighted by Crippen LogP contribution is 1.98. The molecule has 0 radical (unpaired) electrons. The zero-order chi connectivity index (χ0) is 7.70. The SMILES string of the molecule is C=CCNC.O=[P+](O)O. The highest BCUT2D eigenvalue weighted by atomic mass is 31.1. The Labute approximate surface area is 55.2 Å². The zero-order valence-corrected chi connectivity index (χ0v) is 6.14. The van der Waals surface area contributed by atoms with Crippen LogP contribution >= 0.6 is 8.25 Å². The van der Waals surface area contributed by atoms with E-state index in [9.17, 15) is 0 Å². The summed E-state index contributed by atoms with van der Waals surface area (Å²) in [6.45, 7) is 4.39. The summed E-state index contributed by atoms with van der Waals surface area (Å²) in [4.78, 5) is 14.2. The van der Waals surface area contributed by atoms with Crippen molar-refractivity contribution in [2.24, 2.45) is 0 Å². The summed E-state index contributed by atoms with van der Waals surface area (Å²) in [5.74, 6) is 0. The van der Waals surface area contributed by atoms with E-state index in [0.29, 0.717) is 0 Å². The van der Waals surface area contributed by atoms with E-state index in [1.165, 1.54) is 0 Å². The van der Waals surface area contributed by atoms with Gasteiger partial charge in [-0.1, -0.05) is 6.08 Å². The number of hydrogen-bond donors (Lipinski definition) is 3. The Morgan fingerprint density at radius 1 is 1.78 bits per heavy atom. The molecule has 4 nitrogen and oxygen atoms in total. The molecule has 0 saturated heterocycles. The molecule has 0 aliphatic heterocycles. The molecule has 0 aromatic heterocycles. The van der Waals surface area contributed by atoms with Gasteiger partial charge in [-0.2, -0.15) is 0 Å². The first-order chi connectivity index (χ1) is 4.15. The van der Waals surface area contributed by atoms with Gasteiger partial charge in [0.05, 0.1) is 0 Å². The summed E-state index contributed by atoms with van der Waals surface area (Å²) in [5.41, 5.74) is 0. The lowest BCUT2D eigenvalue weighted by Gasteiger charge is -1.79. The standard InChI is InChI=1S/C4H9N.HO3P/c1-3-4-5-2;1-4(2)3/h3,5H,1,4H2,2H3;(H-,1,2,3)/p+1. The molecule has 0 aliphatic carbocycles. The van der Waals surface area contributed by atoms with Gasteiger partial charge in [-0.25, -0.2) is 0 Å². The smallest absolute Gasteiger partial charge is 0.316 e. The van der Waals surface area contributed by atoms with Crippen LogP contribution in [0.15, 0.2) is 12.7 Å². The maximum atomic E-state index is 8.70. The van der Waals surface area contributed by atoms with Gasteiger partial charge in [-0.3, -0.25) is 0 Å². The zero-order valence-electron chi connectivity index (χ0n) is 5.24. The summed E-state index contributed by atoms with van der Waals surface area (Å²) >= 11 is 0. The summed E-state index contributed by atoms with van der Waals surface area (Å²) in [7, 11) is -0.980. The minimum atomic E-state index is -2.87. The van der Waals surface area contributed by atoms with Gasteiger partial charge in [0.25, 0.3) is 0 Å². The Hall–Kier alpha value is -0.280. The van der Waals surface area contributed by atoms with Crippen LogP contribution in [0.3, 0.4) is 0 Å². The lowest BCUT2D eigenvalue weighted by Crippen LogP contribution is -2.02. The van der Waals surface area contributed by atoms with Crippen molar-refractivity contribution < 1.29 is 14.4 Å². The first kappa shape index (κ1) is 11.5. The van der Waals surface area contributed by atoms with Gasteiger partial charge in [0.1, 0.15) is 0 Å². The molecule has 0 heterocycles. The van der Waals surface area contributed by atoms with E-state index < -0.39 is 8.25 Å². The Morgan fingerprint density at radius 2 is 2.11 bits per heavy atom. The van der Waals surface area contributed by atoms with Gasteiger partial charge >= 0.3 is 8.25 Å². The van der Waals surface area contributed by atoms with Gasteiger partial charge < -0.3 is 5.32 Å². The molecule has 0 atom stereocenters. The third-order valence-electron chi connectivity index (χ3n) is 0.348. The van der Waals surface area contributed by atoms with Crippen LogP contribution in [0.5, 0.6) is 0 Å². The molecule has 0 bridgehead atoms. The molecule has 5 heteroatoms. The second kappa shape index (κ2) is 10.7. The highest BCUT2D eigenvalue weighted by Gasteiger charge is 1.93. The number of likely N-dealkylation sites (N-methyl/N-ethyl adjacent to an activating group) is 1. The quantitative estimate of drug-likeness (QED) is 0.385. The second-order valence-electron chi connectivity index (χ2n) is 1.10.